The first-order valence-electron chi connectivity index (χ1n) is 3.97. The van der Waals surface area contributed by atoms with Crippen LogP contribution in [0, 0.1) is 11.3 Å². The lowest BCUT2D eigenvalue weighted by atomic mass is 9.98. The van der Waals surface area contributed by atoms with E-state index in [0.29, 0.717) is 16.5 Å². The van der Waals surface area contributed by atoms with Gasteiger partial charge in [0.25, 0.3) is 0 Å². The predicted molar refractivity (Wildman–Crippen MR) is 55.1 cm³/mol. The molecule has 0 heterocycles. The largest absolute Gasteiger partial charge is 0.198 e. The molecule has 1 unspecified atom stereocenters. The number of halogens is 2. The molecule has 0 aliphatic heterocycles. The van der Waals surface area contributed by atoms with E-state index in [1.165, 1.54) is 0 Å². The summed E-state index contributed by atoms with van der Waals surface area (Å²) in [4.78, 5) is 0. The van der Waals surface area contributed by atoms with Crippen molar-refractivity contribution in [2.75, 3.05) is 0 Å². The van der Waals surface area contributed by atoms with Crippen LogP contribution in [0.25, 0.3) is 0 Å². The van der Waals surface area contributed by atoms with Crippen molar-refractivity contribution >= 4 is 23.2 Å². The van der Waals surface area contributed by atoms with Gasteiger partial charge >= 0.3 is 0 Å². The average Bonchev–Trinajstić information content (AvgIpc) is 2.04. The third kappa shape index (κ3) is 2.37. The normalized spacial score (nSPS) is 12.2. The second-order valence-corrected chi connectivity index (χ2v) is 3.71. The van der Waals surface area contributed by atoms with Crippen LogP contribution in [0.15, 0.2) is 18.2 Å². The Kier molecular flexibility index (Phi) is 3.59. The second-order valence-electron chi connectivity index (χ2n) is 2.90. The number of nitrogens with zero attached hydrogens (tertiary/aromatic N) is 1. The molecule has 1 nitrogen and oxygen atoms in total. The lowest BCUT2D eigenvalue weighted by Gasteiger charge is -2.11. The molecule has 0 amide bonds. The minimum Gasteiger partial charge on any atom is -0.198 e. The van der Waals surface area contributed by atoms with Crippen LogP contribution in [0.2, 0.25) is 10.0 Å². The van der Waals surface area contributed by atoms with E-state index in [1.54, 1.807) is 18.2 Å². The van der Waals surface area contributed by atoms with Crippen molar-refractivity contribution in [1.82, 2.24) is 0 Å². The topological polar surface area (TPSA) is 23.8 Å². The zero-order valence-corrected chi connectivity index (χ0v) is 8.73. The van der Waals surface area contributed by atoms with Crippen LogP contribution in [0.5, 0.6) is 0 Å². The molecule has 0 spiro atoms. The Balaban J connectivity index is 3.06. The molecule has 13 heavy (non-hydrogen) atoms. The maximum atomic E-state index is 8.54. The molecule has 68 valence electrons. The van der Waals surface area contributed by atoms with Crippen LogP contribution in [0.1, 0.15) is 24.8 Å². The molecule has 0 N–H and O–H groups in total. The van der Waals surface area contributed by atoms with Crippen LogP contribution in [0.4, 0.5) is 0 Å². The summed E-state index contributed by atoms with van der Waals surface area (Å²) < 4.78 is 0. The van der Waals surface area contributed by atoms with Gasteiger partial charge in [-0.3, -0.25) is 0 Å². The van der Waals surface area contributed by atoms with E-state index in [9.17, 15) is 0 Å². The molecule has 1 aromatic rings. The lowest BCUT2D eigenvalue weighted by molar-refractivity contribution is 0.789. The molecule has 0 bridgehead atoms. The monoisotopic (exact) mass is 213 g/mol. The summed E-state index contributed by atoms with van der Waals surface area (Å²) in [6.07, 6.45) is 0.434. The van der Waals surface area contributed by atoms with Gasteiger partial charge in [-0.2, -0.15) is 5.26 Å². The molecule has 0 aliphatic carbocycles. The minimum absolute atomic E-state index is 0.0891. The Morgan fingerprint density at radius 2 is 1.92 bits per heavy atom. The van der Waals surface area contributed by atoms with Gasteiger partial charge in [0.1, 0.15) is 0 Å². The highest BCUT2D eigenvalue weighted by molar-refractivity contribution is 6.36. The lowest BCUT2D eigenvalue weighted by Crippen LogP contribution is -1.94. The molecule has 0 radical (unpaired) electrons. The molecular weight excluding hydrogens is 205 g/mol. The fourth-order valence-electron chi connectivity index (χ4n) is 1.22. The number of rotatable bonds is 2. The van der Waals surface area contributed by atoms with Crippen molar-refractivity contribution in [3.63, 3.8) is 0 Å². The van der Waals surface area contributed by atoms with Gasteiger partial charge in [-0.15, -0.1) is 0 Å². The fourth-order valence-corrected chi connectivity index (χ4v) is 1.99. The molecule has 0 aromatic heterocycles. The highest BCUT2D eigenvalue weighted by atomic mass is 35.5. The molecule has 0 fully saturated rings. The Bertz CT molecular complexity index is 321. The quantitative estimate of drug-likeness (QED) is 0.729. The zero-order valence-electron chi connectivity index (χ0n) is 7.22. The van der Waals surface area contributed by atoms with Crippen molar-refractivity contribution in [3.8, 4) is 6.07 Å². The van der Waals surface area contributed by atoms with E-state index < -0.39 is 0 Å². The third-order valence-electron chi connectivity index (χ3n) is 1.89. The molecule has 0 aliphatic rings. The molecule has 1 atom stereocenters. The highest BCUT2D eigenvalue weighted by Gasteiger charge is 2.12. The van der Waals surface area contributed by atoms with Crippen LogP contribution < -0.4 is 0 Å². The van der Waals surface area contributed by atoms with Crippen LogP contribution >= 0.6 is 23.2 Å². The first kappa shape index (κ1) is 10.4. The summed E-state index contributed by atoms with van der Waals surface area (Å²) in [7, 11) is 0. The molecule has 1 rings (SSSR count). The maximum absolute atomic E-state index is 8.54. The Morgan fingerprint density at radius 3 is 2.38 bits per heavy atom. The minimum atomic E-state index is 0.0891. The standard InChI is InChI=1S/C10H9Cl2N/c1-7(5-6-13)10-8(11)3-2-4-9(10)12/h2-4,7H,5H2,1H3. The molecular formula is C10H9Cl2N. The average molecular weight is 214 g/mol. The highest BCUT2D eigenvalue weighted by Crippen LogP contribution is 2.32. The van der Waals surface area contributed by atoms with Crippen molar-refractivity contribution in [2.24, 2.45) is 0 Å². The summed E-state index contributed by atoms with van der Waals surface area (Å²) in [5, 5.41) is 9.81. The Labute approximate surface area is 87.9 Å². The van der Waals surface area contributed by atoms with E-state index in [0.717, 1.165) is 5.56 Å². The second kappa shape index (κ2) is 4.50. The van der Waals surface area contributed by atoms with Crippen LogP contribution in [0.3, 0.4) is 0 Å². The fraction of sp³-hybridized carbons (Fsp3) is 0.300. The van der Waals surface area contributed by atoms with Gasteiger partial charge in [0.2, 0.25) is 0 Å². The van der Waals surface area contributed by atoms with Crippen molar-refractivity contribution in [3.05, 3.63) is 33.8 Å². The molecule has 0 saturated heterocycles. The van der Waals surface area contributed by atoms with Gasteiger partial charge in [0, 0.05) is 16.5 Å². The Morgan fingerprint density at radius 1 is 1.38 bits per heavy atom. The molecule has 3 heteroatoms. The Hall–Kier alpha value is -0.710. The molecule has 0 saturated carbocycles. The number of hydrogen-bond donors (Lipinski definition) is 0. The summed E-state index contributed by atoms with van der Waals surface area (Å²) in [6, 6.07) is 7.48. The van der Waals surface area contributed by atoms with E-state index in [4.69, 9.17) is 28.5 Å². The summed E-state index contributed by atoms with van der Waals surface area (Å²) in [6.45, 7) is 1.94. The van der Waals surface area contributed by atoms with Gasteiger partial charge in [-0.25, -0.2) is 0 Å². The smallest absolute Gasteiger partial charge is 0.0628 e. The van der Waals surface area contributed by atoms with Gasteiger partial charge in [0.05, 0.1) is 6.07 Å². The van der Waals surface area contributed by atoms with Crippen LogP contribution in [-0.2, 0) is 0 Å². The van der Waals surface area contributed by atoms with E-state index in [-0.39, 0.29) is 5.92 Å². The SMILES string of the molecule is CC(CC#N)c1c(Cl)cccc1Cl. The number of benzene rings is 1. The van der Waals surface area contributed by atoms with Crippen LogP contribution in [-0.4, -0.2) is 0 Å². The van der Waals surface area contributed by atoms with Gasteiger partial charge in [-0.1, -0.05) is 36.2 Å². The summed E-state index contributed by atoms with van der Waals surface area (Å²) in [5.41, 5.74) is 0.868. The summed E-state index contributed by atoms with van der Waals surface area (Å²) >= 11 is 11.9. The molecule has 1 aromatic carbocycles. The van der Waals surface area contributed by atoms with Gasteiger partial charge in [-0.05, 0) is 23.6 Å². The zero-order chi connectivity index (χ0) is 9.84. The first-order chi connectivity index (χ1) is 6.16. The first-order valence-corrected chi connectivity index (χ1v) is 4.73. The van der Waals surface area contributed by atoms with Gasteiger partial charge in [0.15, 0.2) is 0 Å². The van der Waals surface area contributed by atoms with Crippen molar-refractivity contribution in [2.45, 2.75) is 19.3 Å². The van der Waals surface area contributed by atoms with Gasteiger partial charge < -0.3 is 0 Å². The predicted octanol–water partition coefficient (Wildman–Crippen LogP) is 4.01. The third-order valence-corrected chi connectivity index (χ3v) is 2.55. The van der Waals surface area contributed by atoms with Crippen molar-refractivity contribution < 1.29 is 0 Å². The summed E-state index contributed by atoms with van der Waals surface area (Å²) in [5.74, 6) is 0.0891. The van der Waals surface area contributed by atoms with Crippen molar-refractivity contribution in [1.29, 1.82) is 5.26 Å². The number of hydrogen-bond acceptors (Lipinski definition) is 1. The maximum Gasteiger partial charge on any atom is 0.0628 e. The van der Waals surface area contributed by atoms with E-state index in [1.807, 2.05) is 6.92 Å². The van der Waals surface area contributed by atoms with E-state index in [2.05, 4.69) is 6.07 Å². The van der Waals surface area contributed by atoms with E-state index >= 15 is 0 Å². The number of nitriles is 1.